The molecule has 6 heteroatoms. The molecule has 0 saturated heterocycles. The average molecular weight is 298 g/mol. The molecule has 0 spiro atoms. The van der Waals surface area contributed by atoms with Gasteiger partial charge in [0.25, 0.3) is 0 Å². The summed E-state index contributed by atoms with van der Waals surface area (Å²) in [5.41, 5.74) is -0.576. The highest BCUT2D eigenvalue weighted by Gasteiger charge is 2.27. The molecule has 0 amide bonds. The molecule has 0 aromatic rings. The van der Waals surface area contributed by atoms with E-state index in [0.717, 1.165) is 0 Å². The smallest absolute Gasteiger partial charge is 0.373 e. The van der Waals surface area contributed by atoms with Crippen LogP contribution in [0.3, 0.4) is 0 Å². The second-order valence-corrected chi connectivity index (χ2v) is 4.11. The van der Waals surface area contributed by atoms with Gasteiger partial charge >= 0.3 is 6.18 Å². The maximum Gasteiger partial charge on any atom is 0.389 e. The van der Waals surface area contributed by atoms with Crippen molar-refractivity contribution in [1.29, 1.82) is 0 Å². The van der Waals surface area contributed by atoms with E-state index in [1.807, 2.05) is 0 Å². The van der Waals surface area contributed by atoms with E-state index in [9.17, 15) is 13.2 Å². The zero-order valence-electron chi connectivity index (χ0n) is 7.83. The van der Waals surface area contributed by atoms with E-state index in [1.54, 1.807) is 6.92 Å². The summed E-state index contributed by atoms with van der Waals surface area (Å²) in [6.07, 6.45) is -4.94. The molecule has 1 unspecified atom stereocenters. The van der Waals surface area contributed by atoms with Crippen LogP contribution in [0.1, 0.15) is 19.8 Å². The van der Waals surface area contributed by atoms with Gasteiger partial charge in [0.15, 0.2) is 0 Å². The van der Waals surface area contributed by atoms with Crippen LogP contribution in [0, 0.1) is 0 Å². The standard InChI is InChI=1S/C8H13BrClF3O/c1-7(5-9,6-10)14-4-2-3-8(11,12)13/h2-6H2,1H3. The molecule has 0 aromatic heterocycles. The third-order valence-corrected chi connectivity index (χ3v) is 3.37. The molecule has 0 aliphatic rings. The fourth-order valence-electron chi connectivity index (χ4n) is 0.704. The minimum Gasteiger partial charge on any atom is -0.373 e. The Bertz CT molecular complexity index is 159. The Labute approximate surface area is 95.1 Å². The van der Waals surface area contributed by atoms with Crippen LogP contribution < -0.4 is 0 Å². The lowest BCUT2D eigenvalue weighted by Crippen LogP contribution is -2.33. The van der Waals surface area contributed by atoms with Crippen molar-refractivity contribution in [2.45, 2.75) is 31.5 Å². The van der Waals surface area contributed by atoms with Crippen molar-refractivity contribution in [3.63, 3.8) is 0 Å². The van der Waals surface area contributed by atoms with Gasteiger partial charge < -0.3 is 4.74 Å². The highest BCUT2D eigenvalue weighted by Crippen LogP contribution is 2.22. The predicted molar refractivity (Wildman–Crippen MR) is 54.2 cm³/mol. The van der Waals surface area contributed by atoms with Crippen LogP contribution >= 0.6 is 27.5 Å². The summed E-state index contributed by atoms with van der Waals surface area (Å²) < 4.78 is 40.5. The molecule has 0 rings (SSSR count). The van der Waals surface area contributed by atoms with Gasteiger partial charge in [0.2, 0.25) is 0 Å². The lowest BCUT2D eigenvalue weighted by atomic mass is 10.2. The van der Waals surface area contributed by atoms with Crippen LogP contribution in [0.25, 0.3) is 0 Å². The minimum absolute atomic E-state index is 0.0248. The second kappa shape index (κ2) is 6.18. The summed E-state index contributed by atoms with van der Waals surface area (Å²) in [5, 5.41) is 0.509. The molecule has 0 radical (unpaired) electrons. The Kier molecular flexibility index (Phi) is 6.41. The van der Waals surface area contributed by atoms with E-state index in [4.69, 9.17) is 16.3 Å². The van der Waals surface area contributed by atoms with Crippen molar-refractivity contribution in [2.75, 3.05) is 17.8 Å². The molecule has 0 heterocycles. The average Bonchev–Trinajstić information content (AvgIpc) is 2.11. The van der Waals surface area contributed by atoms with Gasteiger partial charge in [-0.2, -0.15) is 13.2 Å². The Morgan fingerprint density at radius 2 is 1.93 bits per heavy atom. The van der Waals surface area contributed by atoms with Crippen molar-refractivity contribution < 1.29 is 17.9 Å². The molecular formula is C8H13BrClF3O. The van der Waals surface area contributed by atoms with E-state index in [-0.39, 0.29) is 18.9 Å². The molecule has 0 aliphatic carbocycles. The van der Waals surface area contributed by atoms with E-state index in [0.29, 0.717) is 5.33 Å². The number of hydrogen-bond acceptors (Lipinski definition) is 1. The van der Waals surface area contributed by atoms with E-state index >= 15 is 0 Å². The number of hydrogen-bond donors (Lipinski definition) is 0. The molecule has 86 valence electrons. The monoisotopic (exact) mass is 296 g/mol. The molecule has 0 fully saturated rings. The molecule has 0 saturated carbocycles. The Morgan fingerprint density at radius 1 is 1.36 bits per heavy atom. The minimum atomic E-state index is -4.10. The fourth-order valence-corrected chi connectivity index (χ4v) is 1.46. The van der Waals surface area contributed by atoms with Crippen LogP contribution in [0.5, 0.6) is 0 Å². The van der Waals surface area contributed by atoms with Gasteiger partial charge in [-0.3, -0.25) is 0 Å². The Balaban J connectivity index is 3.63. The zero-order valence-corrected chi connectivity index (χ0v) is 10.2. The molecule has 0 N–H and O–H groups in total. The first-order valence-electron chi connectivity index (χ1n) is 4.15. The third-order valence-electron chi connectivity index (χ3n) is 1.62. The number of halogens is 5. The highest BCUT2D eigenvalue weighted by molar-refractivity contribution is 9.09. The van der Waals surface area contributed by atoms with Gasteiger partial charge in [-0.1, -0.05) is 15.9 Å². The van der Waals surface area contributed by atoms with Crippen LogP contribution in [0.2, 0.25) is 0 Å². The van der Waals surface area contributed by atoms with Crippen molar-refractivity contribution in [1.82, 2.24) is 0 Å². The molecule has 1 nitrogen and oxygen atoms in total. The van der Waals surface area contributed by atoms with E-state index in [2.05, 4.69) is 15.9 Å². The van der Waals surface area contributed by atoms with Gasteiger partial charge in [-0.25, -0.2) is 0 Å². The van der Waals surface area contributed by atoms with Crippen molar-refractivity contribution >= 4 is 27.5 Å². The molecule has 0 bridgehead atoms. The number of ether oxygens (including phenoxy) is 1. The Morgan fingerprint density at radius 3 is 2.29 bits per heavy atom. The molecular weight excluding hydrogens is 284 g/mol. The largest absolute Gasteiger partial charge is 0.389 e. The maximum atomic E-state index is 11.7. The SMILES string of the molecule is CC(CCl)(CBr)OCCCC(F)(F)F. The van der Waals surface area contributed by atoms with E-state index in [1.165, 1.54) is 0 Å². The summed E-state index contributed by atoms with van der Waals surface area (Å²) >= 11 is 8.79. The summed E-state index contributed by atoms with van der Waals surface area (Å²) in [7, 11) is 0. The highest BCUT2D eigenvalue weighted by atomic mass is 79.9. The summed E-state index contributed by atoms with van der Waals surface area (Å²) in [5.74, 6) is 0.254. The first kappa shape index (κ1) is 14.5. The molecule has 14 heavy (non-hydrogen) atoms. The van der Waals surface area contributed by atoms with Gasteiger partial charge in [0.1, 0.15) is 0 Å². The molecule has 0 aliphatic heterocycles. The Hall–Kier alpha value is 0.520. The first-order chi connectivity index (χ1) is 6.33. The second-order valence-electron chi connectivity index (χ2n) is 3.28. The van der Waals surface area contributed by atoms with Crippen molar-refractivity contribution in [2.24, 2.45) is 0 Å². The quantitative estimate of drug-likeness (QED) is 0.536. The normalized spacial score (nSPS) is 16.7. The van der Waals surface area contributed by atoms with Crippen LogP contribution in [-0.2, 0) is 4.74 Å². The van der Waals surface area contributed by atoms with Crippen LogP contribution in [-0.4, -0.2) is 29.6 Å². The molecule has 1 atom stereocenters. The van der Waals surface area contributed by atoms with E-state index < -0.39 is 18.2 Å². The van der Waals surface area contributed by atoms with Gasteiger partial charge in [-0.15, -0.1) is 11.6 Å². The topological polar surface area (TPSA) is 9.23 Å². The van der Waals surface area contributed by atoms with Crippen LogP contribution in [0.4, 0.5) is 13.2 Å². The lowest BCUT2D eigenvalue weighted by molar-refractivity contribution is -0.140. The first-order valence-corrected chi connectivity index (χ1v) is 5.81. The number of rotatable bonds is 6. The van der Waals surface area contributed by atoms with Gasteiger partial charge in [-0.05, 0) is 13.3 Å². The maximum absolute atomic E-state index is 11.7. The summed E-state index contributed by atoms with van der Waals surface area (Å²) in [6.45, 7) is 1.83. The van der Waals surface area contributed by atoms with Crippen molar-refractivity contribution in [3.8, 4) is 0 Å². The number of alkyl halides is 5. The zero-order chi connectivity index (χ0) is 11.2. The summed E-state index contributed by atoms with van der Waals surface area (Å²) in [4.78, 5) is 0. The summed E-state index contributed by atoms with van der Waals surface area (Å²) in [6, 6.07) is 0. The molecule has 0 aromatic carbocycles. The van der Waals surface area contributed by atoms with Crippen molar-refractivity contribution in [3.05, 3.63) is 0 Å². The lowest BCUT2D eigenvalue weighted by Gasteiger charge is -2.25. The van der Waals surface area contributed by atoms with Gasteiger partial charge in [0.05, 0.1) is 11.5 Å². The van der Waals surface area contributed by atoms with Crippen LogP contribution in [0.15, 0.2) is 0 Å². The third kappa shape index (κ3) is 6.90. The predicted octanol–water partition coefficient (Wildman–Crippen LogP) is 3.74. The fraction of sp³-hybridized carbons (Fsp3) is 1.00. The van der Waals surface area contributed by atoms with Gasteiger partial charge in [0, 0.05) is 18.4 Å².